The second-order valence-corrected chi connectivity index (χ2v) is 6.42. The molecular formula is C16H26N4O5. The predicted molar refractivity (Wildman–Crippen MR) is 90.0 cm³/mol. The van der Waals surface area contributed by atoms with E-state index in [-0.39, 0.29) is 6.03 Å². The molecule has 2 N–H and O–H groups in total. The number of nitrogens with zero attached hydrogens (tertiary/aromatic N) is 2. The van der Waals surface area contributed by atoms with Crippen molar-refractivity contribution in [2.24, 2.45) is 0 Å². The van der Waals surface area contributed by atoms with E-state index in [1.807, 2.05) is 0 Å². The maximum absolute atomic E-state index is 11.8. The Hall–Kier alpha value is -2.58. The minimum absolute atomic E-state index is 0.270. The molecule has 1 atom stereocenters. The van der Waals surface area contributed by atoms with Crippen molar-refractivity contribution in [3.63, 3.8) is 0 Å². The molecule has 0 aliphatic carbocycles. The molecule has 0 radical (unpaired) electrons. The maximum atomic E-state index is 11.8. The molecule has 2 amide bonds. The number of hydrogen-bond acceptors (Lipinski definition) is 6. The zero-order valence-corrected chi connectivity index (χ0v) is 15.1. The van der Waals surface area contributed by atoms with Crippen molar-refractivity contribution in [2.75, 3.05) is 13.7 Å². The molecule has 1 heterocycles. The number of imidazole rings is 1. The van der Waals surface area contributed by atoms with Crippen LogP contribution in [0.4, 0.5) is 9.59 Å². The first-order valence-electron chi connectivity index (χ1n) is 8.06. The number of unbranched alkanes of at least 4 members (excludes halogenated alkanes) is 1. The van der Waals surface area contributed by atoms with E-state index in [1.54, 1.807) is 27.0 Å². The number of hydrogen-bond donors (Lipinski definition) is 2. The zero-order valence-electron chi connectivity index (χ0n) is 15.1. The fourth-order valence-electron chi connectivity index (χ4n) is 1.98. The van der Waals surface area contributed by atoms with Gasteiger partial charge in [-0.3, -0.25) is 4.57 Å². The van der Waals surface area contributed by atoms with E-state index in [0.29, 0.717) is 25.8 Å². The lowest BCUT2D eigenvalue weighted by Crippen LogP contribution is -2.44. The number of nitrogens with one attached hydrogen (secondary N) is 2. The van der Waals surface area contributed by atoms with E-state index in [4.69, 9.17) is 9.47 Å². The van der Waals surface area contributed by atoms with Crippen LogP contribution in [0.3, 0.4) is 0 Å². The number of alkyl carbamates (subject to hydrolysis) is 1. The van der Waals surface area contributed by atoms with Gasteiger partial charge in [0, 0.05) is 18.9 Å². The van der Waals surface area contributed by atoms with Crippen molar-refractivity contribution in [2.45, 2.75) is 51.7 Å². The molecule has 1 rings (SSSR count). The number of aromatic nitrogens is 2. The average molecular weight is 354 g/mol. The first kappa shape index (κ1) is 20.5. The van der Waals surface area contributed by atoms with Crippen molar-refractivity contribution in [1.82, 2.24) is 20.2 Å². The summed E-state index contributed by atoms with van der Waals surface area (Å²) in [4.78, 5) is 39.1. The van der Waals surface area contributed by atoms with Gasteiger partial charge in [0.15, 0.2) is 0 Å². The Morgan fingerprint density at radius 3 is 2.52 bits per heavy atom. The van der Waals surface area contributed by atoms with Gasteiger partial charge in [0.2, 0.25) is 0 Å². The third-order valence-corrected chi connectivity index (χ3v) is 3.11. The molecule has 0 saturated carbocycles. The van der Waals surface area contributed by atoms with E-state index in [0.717, 1.165) is 0 Å². The average Bonchev–Trinajstić information content (AvgIpc) is 3.05. The molecule has 0 aromatic carbocycles. The zero-order chi connectivity index (χ0) is 18.9. The summed E-state index contributed by atoms with van der Waals surface area (Å²) >= 11 is 0. The third-order valence-electron chi connectivity index (χ3n) is 3.11. The number of carbonyl (C=O) groups is 3. The molecule has 0 saturated heterocycles. The van der Waals surface area contributed by atoms with Gasteiger partial charge < -0.3 is 20.1 Å². The number of carbonyl (C=O) groups excluding carboxylic acids is 3. The van der Waals surface area contributed by atoms with Crippen LogP contribution < -0.4 is 10.6 Å². The summed E-state index contributed by atoms with van der Waals surface area (Å²) in [7, 11) is 1.26. The molecular weight excluding hydrogens is 328 g/mol. The lowest BCUT2D eigenvalue weighted by Gasteiger charge is -2.22. The summed E-state index contributed by atoms with van der Waals surface area (Å²) in [6.07, 6.45) is 5.44. The molecule has 9 heteroatoms. The van der Waals surface area contributed by atoms with Gasteiger partial charge in [0.1, 0.15) is 18.0 Å². The van der Waals surface area contributed by atoms with Gasteiger partial charge in [0.25, 0.3) is 0 Å². The first-order valence-corrected chi connectivity index (χ1v) is 8.06. The monoisotopic (exact) mass is 354 g/mol. The van der Waals surface area contributed by atoms with Gasteiger partial charge in [-0.25, -0.2) is 19.4 Å². The highest BCUT2D eigenvalue weighted by Gasteiger charge is 2.24. The number of ether oxygens (including phenoxy) is 2. The first-order chi connectivity index (χ1) is 11.7. The van der Waals surface area contributed by atoms with Gasteiger partial charge in [-0.15, -0.1) is 0 Å². The summed E-state index contributed by atoms with van der Waals surface area (Å²) < 4.78 is 11.2. The van der Waals surface area contributed by atoms with Crippen LogP contribution in [0.25, 0.3) is 0 Å². The third kappa shape index (κ3) is 8.18. The minimum Gasteiger partial charge on any atom is -0.467 e. The summed E-state index contributed by atoms with van der Waals surface area (Å²) in [5.41, 5.74) is -0.650. The summed E-state index contributed by atoms with van der Waals surface area (Å²) in [5.74, 6) is -0.534. The number of esters is 1. The largest absolute Gasteiger partial charge is 0.467 e. The van der Waals surface area contributed by atoms with Gasteiger partial charge in [-0.2, -0.15) is 0 Å². The molecule has 0 fully saturated rings. The van der Waals surface area contributed by atoms with Crippen molar-refractivity contribution in [3.05, 3.63) is 18.7 Å². The molecule has 140 valence electrons. The molecule has 0 bridgehead atoms. The molecule has 1 aromatic heterocycles. The van der Waals surface area contributed by atoms with Crippen LogP contribution in [0.1, 0.15) is 40.0 Å². The van der Waals surface area contributed by atoms with Crippen molar-refractivity contribution >= 4 is 18.1 Å². The van der Waals surface area contributed by atoms with E-state index < -0.39 is 23.7 Å². The second-order valence-electron chi connectivity index (χ2n) is 6.42. The molecule has 0 unspecified atom stereocenters. The van der Waals surface area contributed by atoms with Gasteiger partial charge in [0.05, 0.1) is 7.11 Å². The summed E-state index contributed by atoms with van der Waals surface area (Å²) in [6, 6.07) is -1.06. The van der Waals surface area contributed by atoms with Crippen molar-refractivity contribution in [1.29, 1.82) is 0 Å². The number of rotatable bonds is 7. The lowest BCUT2D eigenvalue weighted by molar-refractivity contribution is -0.143. The van der Waals surface area contributed by atoms with Crippen LogP contribution >= 0.6 is 0 Å². The van der Waals surface area contributed by atoms with Gasteiger partial charge >= 0.3 is 18.1 Å². The van der Waals surface area contributed by atoms with Crippen LogP contribution in [0.5, 0.6) is 0 Å². The Morgan fingerprint density at radius 1 is 1.24 bits per heavy atom. The van der Waals surface area contributed by atoms with Crippen molar-refractivity contribution < 1.29 is 23.9 Å². The van der Waals surface area contributed by atoms with Crippen LogP contribution in [-0.2, 0) is 14.3 Å². The van der Waals surface area contributed by atoms with Gasteiger partial charge in [-0.1, -0.05) is 0 Å². The minimum atomic E-state index is -0.788. The maximum Gasteiger partial charge on any atom is 0.408 e. The predicted octanol–water partition coefficient (Wildman–Crippen LogP) is 1.68. The highest BCUT2D eigenvalue weighted by atomic mass is 16.6. The smallest absolute Gasteiger partial charge is 0.408 e. The summed E-state index contributed by atoms with van der Waals surface area (Å²) in [6.45, 7) is 5.66. The Bertz CT molecular complexity index is 566. The molecule has 0 aliphatic heterocycles. The fourth-order valence-corrected chi connectivity index (χ4v) is 1.98. The fraction of sp³-hybridized carbons (Fsp3) is 0.625. The van der Waals surface area contributed by atoms with Crippen LogP contribution in [-0.4, -0.2) is 52.9 Å². The van der Waals surface area contributed by atoms with Gasteiger partial charge in [-0.05, 0) is 40.0 Å². The van der Waals surface area contributed by atoms with E-state index in [9.17, 15) is 14.4 Å². The Kier molecular flexibility index (Phi) is 7.90. The Morgan fingerprint density at radius 2 is 1.96 bits per heavy atom. The second kappa shape index (κ2) is 9.65. The molecule has 0 spiro atoms. The van der Waals surface area contributed by atoms with E-state index in [1.165, 1.54) is 24.2 Å². The SMILES string of the molecule is COC(=O)[C@H](CCCCNC(=O)n1ccnc1)NC(=O)OC(C)(C)C. The molecule has 1 aromatic rings. The van der Waals surface area contributed by atoms with E-state index >= 15 is 0 Å². The molecule has 0 aliphatic rings. The highest BCUT2D eigenvalue weighted by Crippen LogP contribution is 2.09. The van der Waals surface area contributed by atoms with Crippen molar-refractivity contribution in [3.8, 4) is 0 Å². The molecule has 9 nitrogen and oxygen atoms in total. The Balaban J connectivity index is 2.34. The van der Waals surface area contributed by atoms with Crippen LogP contribution in [0, 0.1) is 0 Å². The standard InChI is InChI=1S/C16H26N4O5/c1-16(2,3)25-15(23)19-12(13(21)24-4)7-5-6-8-18-14(22)20-10-9-17-11-20/h9-12H,5-8H2,1-4H3,(H,18,22)(H,19,23)/t12-/m0/s1. The quantitative estimate of drug-likeness (QED) is 0.569. The van der Waals surface area contributed by atoms with Crippen LogP contribution in [0.2, 0.25) is 0 Å². The van der Waals surface area contributed by atoms with Crippen LogP contribution in [0.15, 0.2) is 18.7 Å². The number of amides is 2. The normalized spacial score (nSPS) is 12.2. The van der Waals surface area contributed by atoms with E-state index in [2.05, 4.69) is 15.6 Å². The Labute approximate surface area is 147 Å². The summed E-state index contributed by atoms with van der Waals surface area (Å²) in [5, 5.41) is 5.24. The number of methoxy groups -OCH3 is 1. The highest BCUT2D eigenvalue weighted by molar-refractivity contribution is 5.81. The lowest BCUT2D eigenvalue weighted by atomic mass is 10.1. The molecule has 25 heavy (non-hydrogen) atoms. The topological polar surface area (TPSA) is 112 Å².